The number of hydrogen-bond donors (Lipinski definition) is 2. The molecule has 0 unspecified atom stereocenters. The first kappa shape index (κ1) is 23.2. The Morgan fingerprint density at radius 2 is 2.11 bits per heavy atom. The van der Waals surface area contributed by atoms with Crippen LogP contribution in [0.15, 0.2) is 53.0 Å². The molecule has 1 aliphatic rings. The van der Waals surface area contributed by atoms with Gasteiger partial charge in [0.25, 0.3) is 0 Å². The highest BCUT2D eigenvalue weighted by atomic mass is 32.2. The number of amides is 1. The number of carbonyl (C=O) groups is 1. The van der Waals surface area contributed by atoms with Gasteiger partial charge in [0.05, 0.1) is 7.11 Å². The fraction of sp³-hybridized carbons (Fsp3) is 0.360. The van der Waals surface area contributed by atoms with Crippen molar-refractivity contribution in [3.05, 3.63) is 43.0 Å². The van der Waals surface area contributed by atoms with E-state index < -0.39 is 0 Å². The second kappa shape index (κ2) is 10.4. The van der Waals surface area contributed by atoms with Crippen LogP contribution in [0.5, 0.6) is 5.75 Å². The Hall–Kier alpha value is -3.53. The van der Waals surface area contributed by atoms with Gasteiger partial charge < -0.3 is 24.9 Å². The molecule has 4 heterocycles. The van der Waals surface area contributed by atoms with Crippen LogP contribution in [0.3, 0.4) is 0 Å². The van der Waals surface area contributed by atoms with Crippen LogP contribution in [0.25, 0.3) is 22.3 Å². The molecule has 1 fully saturated rings. The van der Waals surface area contributed by atoms with Crippen LogP contribution < -0.4 is 10.5 Å². The SMILES string of the molecule is COc1ccc(-c2cc[nH]c2)c(Sc2nc3c(N)ncnc3n2CCCC2CCN(C=O)CC2)c1. The monoisotopic (exact) mass is 491 g/mol. The maximum Gasteiger partial charge on any atom is 0.209 e. The van der Waals surface area contributed by atoms with Crippen molar-refractivity contribution >= 4 is 35.2 Å². The number of anilines is 1. The highest BCUT2D eigenvalue weighted by molar-refractivity contribution is 7.99. The molecule has 3 N–H and O–H groups in total. The zero-order chi connectivity index (χ0) is 24.2. The maximum absolute atomic E-state index is 11.0. The van der Waals surface area contributed by atoms with Gasteiger partial charge in [-0.1, -0.05) is 11.8 Å². The highest BCUT2D eigenvalue weighted by Gasteiger charge is 2.20. The molecule has 3 aromatic heterocycles. The molecule has 1 aromatic carbocycles. The molecule has 4 aromatic rings. The second-order valence-electron chi connectivity index (χ2n) is 8.77. The van der Waals surface area contributed by atoms with Gasteiger partial charge in [0.15, 0.2) is 22.1 Å². The number of nitrogens with zero attached hydrogens (tertiary/aromatic N) is 5. The zero-order valence-corrected chi connectivity index (χ0v) is 20.5. The Kier molecular flexibility index (Phi) is 6.89. The number of H-pyrrole nitrogens is 1. The number of hydrogen-bond acceptors (Lipinski definition) is 7. The van der Waals surface area contributed by atoms with E-state index in [9.17, 15) is 4.79 Å². The summed E-state index contributed by atoms with van der Waals surface area (Å²) in [6.45, 7) is 2.49. The van der Waals surface area contributed by atoms with Crippen LogP contribution in [0.4, 0.5) is 5.82 Å². The van der Waals surface area contributed by atoms with Crippen LogP contribution >= 0.6 is 11.8 Å². The molecular weight excluding hydrogens is 462 g/mol. The standard InChI is InChI=1S/C25H29N7O2S/c1-34-19-4-5-20(18-6-9-27-14-18)21(13-19)35-25-30-22-23(26)28-15-29-24(22)32(25)10-2-3-17-7-11-31(16-33)12-8-17/h4-6,9,13-17,27H,2-3,7-8,10-12H2,1H3,(H2,26,28,29). The maximum atomic E-state index is 11.0. The van der Waals surface area contributed by atoms with Crippen molar-refractivity contribution in [1.29, 1.82) is 0 Å². The van der Waals surface area contributed by atoms with E-state index in [0.29, 0.717) is 17.3 Å². The number of likely N-dealkylation sites (tertiary alicyclic amines) is 1. The molecular formula is C25H29N7O2S. The minimum absolute atomic E-state index is 0.383. The number of carbonyl (C=O) groups excluding carboxylic acids is 1. The van der Waals surface area contributed by atoms with Gasteiger partial charge in [-0.3, -0.25) is 4.79 Å². The normalized spacial score (nSPS) is 14.5. The molecule has 1 saturated heterocycles. The summed E-state index contributed by atoms with van der Waals surface area (Å²) in [6.07, 6.45) is 10.6. The Balaban J connectivity index is 1.42. The van der Waals surface area contributed by atoms with Crippen LogP contribution in [0, 0.1) is 5.92 Å². The number of rotatable bonds is 9. The number of methoxy groups -OCH3 is 1. The van der Waals surface area contributed by atoms with Gasteiger partial charge >= 0.3 is 0 Å². The summed E-state index contributed by atoms with van der Waals surface area (Å²) in [7, 11) is 1.67. The lowest BCUT2D eigenvalue weighted by Gasteiger charge is -2.29. The number of nitrogens with one attached hydrogen (secondary N) is 1. The smallest absolute Gasteiger partial charge is 0.209 e. The summed E-state index contributed by atoms with van der Waals surface area (Å²) in [5.41, 5.74) is 9.73. The minimum Gasteiger partial charge on any atom is -0.497 e. The van der Waals surface area contributed by atoms with Gasteiger partial charge in [0, 0.05) is 42.5 Å². The van der Waals surface area contributed by atoms with Crippen LogP contribution in [0.1, 0.15) is 25.7 Å². The topological polar surface area (TPSA) is 115 Å². The van der Waals surface area contributed by atoms with Crippen molar-refractivity contribution in [3.63, 3.8) is 0 Å². The summed E-state index contributed by atoms with van der Waals surface area (Å²) in [6, 6.07) is 8.12. The molecule has 0 atom stereocenters. The lowest BCUT2D eigenvalue weighted by atomic mass is 9.92. The predicted octanol–water partition coefficient (Wildman–Crippen LogP) is 4.21. The largest absolute Gasteiger partial charge is 0.497 e. The summed E-state index contributed by atoms with van der Waals surface area (Å²) in [5, 5.41) is 0.827. The number of nitrogens with two attached hydrogens (primary N) is 1. The molecule has 1 amide bonds. The van der Waals surface area contributed by atoms with Gasteiger partial charge in [-0.05, 0) is 61.4 Å². The summed E-state index contributed by atoms with van der Waals surface area (Å²) < 4.78 is 7.66. The quantitative estimate of drug-likeness (QED) is 0.337. The van der Waals surface area contributed by atoms with Crippen molar-refractivity contribution in [2.24, 2.45) is 5.92 Å². The molecule has 9 nitrogen and oxygen atoms in total. The van der Waals surface area contributed by atoms with E-state index in [-0.39, 0.29) is 0 Å². The van der Waals surface area contributed by atoms with E-state index in [1.54, 1.807) is 18.9 Å². The molecule has 5 rings (SSSR count). The van der Waals surface area contributed by atoms with E-state index in [2.05, 4.69) is 25.6 Å². The summed E-state index contributed by atoms with van der Waals surface area (Å²) in [5.74, 6) is 1.80. The molecule has 0 radical (unpaired) electrons. The third-order valence-corrected chi connectivity index (χ3v) is 7.67. The number of nitrogen functional groups attached to an aromatic ring is 1. The average molecular weight is 492 g/mol. The van der Waals surface area contributed by atoms with E-state index >= 15 is 0 Å². The van der Waals surface area contributed by atoms with Gasteiger partial charge in [-0.15, -0.1) is 0 Å². The third-order valence-electron chi connectivity index (χ3n) is 6.62. The molecule has 0 saturated carbocycles. The zero-order valence-electron chi connectivity index (χ0n) is 19.7. The first-order valence-electron chi connectivity index (χ1n) is 11.8. The van der Waals surface area contributed by atoms with Gasteiger partial charge in [-0.2, -0.15) is 0 Å². The van der Waals surface area contributed by atoms with E-state index in [1.807, 2.05) is 35.5 Å². The number of aromatic nitrogens is 5. The molecule has 0 spiro atoms. The minimum atomic E-state index is 0.383. The third kappa shape index (κ3) is 4.97. The van der Waals surface area contributed by atoms with Crippen molar-refractivity contribution in [1.82, 2.24) is 29.4 Å². The number of imidazole rings is 1. The van der Waals surface area contributed by atoms with Crippen LogP contribution in [-0.4, -0.2) is 56.0 Å². The lowest BCUT2D eigenvalue weighted by Crippen LogP contribution is -2.32. The Morgan fingerprint density at radius 1 is 1.26 bits per heavy atom. The number of aromatic amines is 1. The number of fused-ring (bicyclic) bond motifs is 1. The summed E-state index contributed by atoms with van der Waals surface area (Å²) in [4.78, 5) is 30.6. The van der Waals surface area contributed by atoms with Crippen LogP contribution in [0.2, 0.25) is 0 Å². The first-order valence-corrected chi connectivity index (χ1v) is 12.6. The number of aryl methyl sites for hydroxylation is 1. The van der Waals surface area contributed by atoms with E-state index in [0.717, 1.165) is 84.3 Å². The Labute approximate surface area is 208 Å². The molecule has 0 bridgehead atoms. The number of benzene rings is 1. The first-order chi connectivity index (χ1) is 17.2. The molecule has 10 heteroatoms. The average Bonchev–Trinajstić information content (AvgIpc) is 3.54. The number of ether oxygens (including phenoxy) is 1. The van der Waals surface area contributed by atoms with Crippen LogP contribution in [-0.2, 0) is 11.3 Å². The Bertz CT molecular complexity index is 1300. The molecule has 182 valence electrons. The fourth-order valence-corrected chi connectivity index (χ4v) is 5.73. The number of piperidine rings is 1. The predicted molar refractivity (Wildman–Crippen MR) is 136 cm³/mol. The van der Waals surface area contributed by atoms with Crippen molar-refractivity contribution in [2.45, 2.75) is 42.3 Å². The second-order valence-corrected chi connectivity index (χ2v) is 9.78. The van der Waals surface area contributed by atoms with Gasteiger partial charge in [-0.25, -0.2) is 15.0 Å². The van der Waals surface area contributed by atoms with Crippen molar-refractivity contribution < 1.29 is 9.53 Å². The van der Waals surface area contributed by atoms with Crippen molar-refractivity contribution in [2.75, 3.05) is 25.9 Å². The molecule has 1 aliphatic heterocycles. The molecule has 35 heavy (non-hydrogen) atoms. The van der Waals surface area contributed by atoms with Gasteiger partial charge in [0.2, 0.25) is 6.41 Å². The molecule has 0 aliphatic carbocycles. The van der Waals surface area contributed by atoms with Crippen molar-refractivity contribution in [3.8, 4) is 16.9 Å². The van der Waals surface area contributed by atoms with Gasteiger partial charge in [0.1, 0.15) is 12.1 Å². The summed E-state index contributed by atoms with van der Waals surface area (Å²) >= 11 is 1.58. The highest BCUT2D eigenvalue weighted by Crippen LogP contribution is 2.39. The van der Waals surface area contributed by atoms with E-state index in [1.165, 1.54) is 6.33 Å². The Morgan fingerprint density at radius 3 is 2.86 bits per heavy atom. The fourth-order valence-electron chi connectivity index (χ4n) is 4.64. The van der Waals surface area contributed by atoms with E-state index in [4.69, 9.17) is 15.5 Å². The lowest BCUT2D eigenvalue weighted by molar-refractivity contribution is -0.119.